The Hall–Kier alpha value is -2.36. The number of amides is 2. The zero-order valence-electron chi connectivity index (χ0n) is 15.4. The van der Waals surface area contributed by atoms with Gasteiger partial charge in [-0.1, -0.05) is 24.3 Å². The minimum Gasteiger partial charge on any atom is -0.349 e. The number of nitrogens with one attached hydrogen (secondary N) is 1. The largest absolute Gasteiger partial charge is 0.349 e. The molecular weight excluding hydrogens is 336 g/mol. The van der Waals surface area contributed by atoms with Gasteiger partial charge in [0.25, 0.3) is 5.91 Å². The number of nitrogens with zero attached hydrogens (tertiary/aromatic N) is 1. The van der Waals surface area contributed by atoms with Crippen molar-refractivity contribution < 1.29 is 9.59 Å². The standard InChI is InChI=1S/C23H24N2O2/c26-20(24-23-10-14-7-15(11-23)9-16(8-14)12-23)13-25-19-6-2-4-17-3-1-5-18(21(17)19)22(25)27/h1-6,14-16H,7-13H2,(H,24,26). The maximum absolute atomic E-state index is 13.0. The van der Waals surface area contributed by atoms with Gasteiger partial charge < -0.3 is 5.32 Å². The van der Waals surface area contributed by atoms with Crippen LogP contribution < -0.4 is 10.2 Å². The molecule has 0 saturated heterocycles. The molecule has 5 aliphatic rings. The molecule has 1 N–H and O–H groups in total. The summed E-state index contributed by atoms with van der Waals surface area (Å²) in [5, 5.41) is 5.43. The lowest BCUT2D eigenvalue weighted by Gasteiger charge is -2.57. The van der Waals surface area contributed by atoms with E-state index in [2.05, 4.69) is 5.32 Å². The molecule has 4 aliphatic carbocycles. The highest BCUT2D eigenvalue weighted by Crippen LogP contribution is 2.55. The number of benzene rings is 2. The summed E-state index contributed by atoms with van der Waals surface area (Å²) in [6, 6.07) is 11.7. The Morgan fingerprint density at radius 3 is 2.30 bits per heavy atom. The number of carbonyl (C=O) groups is 2. The monoisotopic (exact) mass is 360 g/mol. The van der Waals surface area contributed by atoms with Crippen molar-refractivity contribution in [2.75, 3.05) is 11.4 Å². The number of hydrogen-bond donors (Lipinski definition) is 1. The molecule has 4 bridgehead atoms. The molecule has 2 aromatic rings. The first kappa shape index (κ1) is 15.7. The average Bonchev–Trinajstić information content (AvgIpc) is 2.88. The van der Waals surface area contributed by atoms with E-state index >= 15 is 0 Å². The van der Waals surface area contributed by atoms with E-state index in [1.54, 1.807) is 4.90 Å². The Kier molecular flexibility index (Phi) is 3.10. The van der Waals surface area contributed by atoms with Crippen LogP contribution in [0.1, 0.15) is 48.9 Å². The van der Waals surface area contributed by atoms with Crippen LogP contribution >= 0.6 is 0 Å². The normalized spacial score (nSPS) is 33.1. The molecule has 0 unspecified atom stereocenters. The van der Waals surface area contributed by atoms with Gasteiger partial charge in [0.15, 0.2) is 0 Å². The molecule has 0 atom stereocenters. The topological polar surface area (TPSA) is 49.4 Å². The first-order chi connectivity index (χ1) is 13.1. The van der Waals surface area contributed by atoms with Gasteiger partial charge in [-0.05, 0) is 73.8 Å². The zero-order valence-corrected chi connectivity index (χ0v) is 15.4. The maximum atomic E-state index is 13.0. The summed E-state index contributed by atoms with van der Waals surface area (Å²) in [5.41, 5.74) is 1.58. The third kappa shape index (κ3) is 2.28. The van der Waals surface area contributed by atoms with E-state index in [0.29, 0.717) is 5.56 Å². The van der Waals surface area contributed by atoms with Crippen LogP contribution in [0.5, 0.6) is 0 Å². The smallest absolute Gasteiger partial charge is 0.259 e. The van der Waals surface area contributed by atoms with Gasteiger partial charge in [-0.2, -0.15) is 0 Å². The second kappa shape index (κ2) is 5.34. The van der Waals surface area contributed by atoms with Crippen molar-refractivity contribution in [1.82, 2.24) is 5.32 Å². The third-order valence-electron chi connectivity index (χ3n) is 7.39. The molecule has 4 nitrogen and oxygen atoms in total. The highest BCUT2D eigenvalue weighted by molar-refractivity contribution is 6.26. The molecule has 4 heteroatoms. The van der Waals surface area contributed by atoms with Crippen LogP contribution in [0, 0.1) is 17.8 Å². The fourth-order valence-electron chi connectivity index (χ4n) is 6.88. The highest BCUT2D eigenvalue weighted by Gasteiger charge is 2.51. The van der Waals surface area contributed by atoms with Crippen LogP contribution in [-0.4, -0.2) is 23.9 Å². The van der Waals surface area contributed by atoms with Gasteiger partial charge in [0.05, 0.1) is 5.69 Å². The van der Waals surface area contributed by atoms with E-state index in [-0.39, 0.29) is 23.9 Å². The zero-order chi connectivity index (χ0) is 18.2. The van der Waals surface area contributed by atoms with E-state index in [1.807, 2.05) is 36.4 Å². The van der Waals surface area contributed by atoms with Gasteiger partial charge in [-0.25, -0.2) is 0 Å². The first-order valence-electron chi connectivity index (χ1n) is 10.2. The molecule has 27 heavy (non-hydrogen) atoms. The summed E-state index contributed by atoms with van der Waals surface area (Å²) >= 11 is 0. The molecule has 0 radical (unpaired) electrons. The molecule has 0 spiro atoms. The molecule has 4 fully saturated rings. The fraction of sp³-hybridized carbons (Fsp3) is 0.478. The first-order valence-corrected chi connectivity index (χ1v) is 10.2. The quantitative estimate of drug-likeness (QED) is 0.903. The molecule has 1 aliphatic heterocycles. The molecule has 138 valence electrons. The lowest BCUT2D eigenvalue weighted by molar-refractivity contribution is -0.125. The molecule has 0 aromatic heterocycles. The van der Waals surface area contributed by atoms with Gasteiger partial charge >= 0.3 is 0 Å². The maximum Gasteiger partial charge on any atom is 0.259 e. The van der Waals surface area contributed by atoms with Crippen LogP contribution in [0.4, 0.5) is 5.69 Å². The lowest BCUT2D eigenvalue weighted by atomic mass is 9.53. The van der Waals surface area contributed by atoms with Crippen molar-refractivity contribution in [3.8, 4) is 0 Å². The van der Waals surface area contributed by atoms with Gasteiger partial charge in [0.1, 0.15) is 6.54 Å². The van der Waals surface area contributed by atoms with Crippen molar-refractivity contribution >= 4 is 28.3 Å². The Bertz CT molecular complexity index is 939. The van der Waals surface area contributed by atoms with Gasteiger partial charge in [-0.15, -0.1) is 0 Å². The van der Waals surface area contributed by atoms with E-state index in [9.17, 15) is 9.59 Å². The summed E-state index contributed by atoms with van der Waals surface area (Å²) in [7, 11) is 0. The molecule has 4 saturated carbocycles. The van der Waals surface area contributed by atoms with E-state index in [0.717, 1.165) is 53.5 Å². The predicted octanol–water partition coefficient (Wildman–Crippen LogP) is 3.89. The highest BCUT2D eigenvalue weighted by atomic mass is 16.2. The van der Waals surface area contributed by atoms with Crippen LogP contribution in [-0.2, 0) is 4.79 Å². The Balaban J connectivity index is 1.25. The van der Waals surface area contributed by atoms with Crippen molar-refractivity contribution in [2.24, 2.45) is 17.8 Å². The second-order valence-electron chi connectivity index (χ2n) is 9.32. The van der Waals surface area contributed by atoms with Crippen molar-refractivity contribution in [3.63, 3.8) is 0 Å². The number of anilines is 1. The number of hydrogen-bond acceptors (Lipinski definition) is 2. The van der Waals surface area contributed by atoms with E-state index in [4.69, 9.17) is 0 Å². The van der Waals surface area contributed by atoms with E-state index in [1.165, 1.54) is 19.3 Å². The second-order valence-corrected chi connectivity index (χ2v) is 9.32. The average molecular weight is 360 g/mol. The summed E-state index contributed by atoms with van der Waals surface area (Å²) in [4.78, 5) is 27.6. The van der Waals surface area contributed by atoms with Crippen LogP contribution in [0.2, 0.25) is 0 Å². The SMILES string of the molecule is O=C(CN1C(=O)c2cccc3cccc1c23)NC12CC3CC(CC(C3)C1)C2. The summed E-state index contributed by atoms with van der Waals surface area (Å²) in [6.07, 6.45) is 7.47. The van der Waals surface area contributed by atoms with Crippen molar-refractivity contribution in [1.29, 1.82) is 0 Å². The molecule has 2 amide bonds. The van der Waals surface area contributed by atoms with E-state index < -0.39 is 0 Å². The lowest BCUT2D eigenvalue weighted by Crippen LogP contribution is -2.61. The molecule has 7 rings (SSSR count). The van der Waals surface area contributed by atoms with Crippen LogP contribution in [0.15, 0.2) is 36.4 Å². The molecule has 2 aromatic carbocycles. The predicted molar refractivity (Wildman–Crippen MR) is 105 cm³/mol. The van der Waals surface area contributed by atoms with Gasteiger partial charge in [0.2, 0.25) is 5.91 Å². The minimum atomic E-state index is -0.0533. The summed E-state index contributed by atoms with van der Waals surface area (Å²) in [5.74, 6) is 2.33. The third-order valence-corrected chi connectivity index (χ3v) is 7.39. The van der Waals surface area contributed by atoms with Gasteiger partial charge in [-0.3, -0.25) is 14.5 Å². The molecular formula is C23H24N2O2. The Labute approximate surface area is 158 Å². The van der Waals surface area contributed by atoms with Crippen molar-refractivity contribution in [2.45, 2.75) is 44.1 Å². The van der Waals surface area contributed by atoms with Crippen LogP contribution in [0.25, 0.3) is 10.8 Å². The van der Waals surface area contributed by atoms with Crippen molar-refractivity contribution in [3.05, 3.63) is 42.0 Å². The molecule has 1 heterocycles. The Morgan fingerprint density at radius 1 is 1.00 bits per heavy atom. The van der Waals surface area contributed by atoms with Crippen LogP contribution in [0.3, 0.4) is 0 Å². The number of carbonyl (C=O) groups excluding carboxylic acids is 2. The Morgan fingerprint density at radius 2 is 1.63 bits per heavy atom. The van der Waals surface area contributed by atoms with Gasteiger partial charge in [0, 0.05) is 16.5 Å². The minimum absolute atomic E-state index is 0.00453. The fourth-order valence-corrected chi connectivity index (χ4v) is 6.88. The summed E-state index contributed by atoms with van der Waals surface area (Å²) in [6.45, 7) is 0.119. The summed E-state index contributed by atoms with van der Waals surface area (Å²) < 4.78 is 0. The number of rotatable bonds is 3.